The van der Waals surface area contributed by atoms with Crippen molar-refractivity contribution in [1.29, 1.82) is 0 Å². The molecule has 1 fully saturated rings. The van der Waals surface area contributed by atoms with E-state index >= 15 is 0 Å². The topological polar surface area (TPSA) is 66.8 Å². The van der Waals surface area contributed by atoms with Gasteiger partial charge in [-0.3, -0.25) is 4.79 Å². The third-order valence-corrected chi connectivity index (χ3v) is 6.70. The number of aliphatic hydroxyl groups is 1. The van der Waals surface area contributed by atoms with Gasteiger partial charge in [0.15, 0.2) is 0 Å². The minimum Gasteiger partial charge on any atom is -0.465 e. The molecule has 1 aliphatic heterocycles. The molecule has 2 heterocycles. The highest BCUT2D eigenvalue weighted by atomic mass is 32.1. The number of hydrogen-bond acceptors (Lipinski definition) is 5. The van der Waals surface area contributed by atoms with Crippen LogP contribution in [-0.4, -0.2) is 30.1 Å². The van der Waals surface area contributed by atoms with E-state index in [4.69, 9.17) is 4.74 Å². The second-order valence-corrected chi connectivity index (χ2v) is 9.03. The Labute approximate surface area is 188 Å². The highest BCUT2D eigenvalue weighted by molar-refractivity contribution is 7.13. The van der Waals surface area contributed by atoms with E-state index in [-0.39, 0.29) is 17.9 Å². The van der Waals surface area contributed by atoms with E-state index in [9.17, 15) is 14.7 Å². The van der Waals surface area contributed by atoms with E-state index in [0.29, 0.717) is 17.7 Å². The lowest BCUT2D eigenvalue weighted by molar-refractivity contribution is -0.117. The Hall–Kier alpha value is -2.44. The van der Waals surface area contributed by atoms with Crippen LogP contribution in [-0.2, 0) is 16.0 Å². The van der Waals surface area contributed by atoms with E-state index < -0.39 is 6.10 Å². The van der Waals surface area contributed by atoms with Gasteiger partial charge in [-0.05, 0) is 49.1 Å². The fourth-order valence-corrected chi connectivity index (χ4v) is 4.78. The first-order valence-corrected chi connectivity index (χ1v) is 11.8. The largest absolute Gasteiger partial charge is 0.465 e. The predicted molar refractivity (Wildman–Crippen MR) is 125 cm³/mol. The summed E-state index contributed by atoms with van der Waals surface area (Å²) in [4.78, 5) is 27.6. The normalized spacial score (nSPS) is 17.5. The summed E-state index contributed by atoms with van der Waals surface area (Å²) in [6.07, 6.45) is 9.76. The fraction of sp³-hybridized carbons (Fsp3) is 0.440. The van der Waals surface area contributed by atoms with E-state index in [0.717, 1.165) is 48.2 Å². The van der Waals surface area contributed by atoms with E-state index in [1.807, 2.05) is 35.2 Å². The molecule has 1 aromatic heterocycles. The first-order chi connectivity index (χ1) is 15.0. The highest BCUT2D eigenvalue weighted by Crippen LogP contribution is 2.30. The minimum atomic E-state index is -0.453. The number of rotatable bonds is 10. The summed E-state index contributed by atoms with van der Waals surface area (Å²) in [5.74, 6) is -0.193. The van der Waals surface area contributed by atoms with Crippen molar-refractivity contribution >= 4 is 28.9 Å². The highest BCUT2D eigenvalue weighted by Gasteiger charge is 2.30. The second kappa shape index (κ2) is 11.3. The molecule has 1 saturated heterocycles. The smallest absolute Gasteiger partial charge is 0.348 e. The molecular formula is C25H31NO4S. The first-order valence-electron chi connectivity index (χ1n) is 11.0. The van der Waals surface area contributed by atoms with Crippen molar-refractivity contribution < 1.29 is 19.4 Å². The van der Waals surface area contributed by atoms with Crippen LogP contribution in [0.2, 0.25) is 0 Å². The molecule has 0 bridgehead atoms. The Kier molecular flexibility index (Phi) is 8.43. The number of amides is 1. The number of anilines is 1. The maximum atomic E-state index is 12.5. The molecule has 1 N–H and O–H groups in total. The third-order valence-electron chi connectivity index (χ3n) is 5.62. The molecule has 1 aromatic carbocycles. The van der Waals surface area contributed by atoms with Crippen molar-refractivity contribution in [3.63, 3.8) is 0 Å². The molecule has 5 nitrogen and oxygen atoms in total. The number of thiophene rings is 1. The second-order valence-electron chi connectivity index (χ2n) is 7.86. The van der Waals surface area contributed by atoms with Crippen LogP contribution in [0.3, 0.4) is 0 Å². The van der Waals surface area contributed by atoms with Gasteiger partial charge in [-0.2, -0.15) is 0 Å². The van der Waals surface area contributed by atoms with Gasteiger partial charge < -0.3 is 14.7 Å². The van der Waals surface area contributed by atoms with Crippen molar-refractivity contribution in [2.45, 2.75) is 64.0 Å². The van der Waals surface area contributed by atoms with Gasteiger partial charge in [0.2, 0.25) is 5.91 Å². The van der Waals surface area contributed by atoms with Crippen LogP contribution in [0.1, 0.15) is 71.7 Å². The molecule has 2 atom stereocenters. The Morgan fingerprint density at radius 1 is 1.26 bits per heavy atom. The molecular weight excluding hydrogens is 410 g/mol. The number of hydrogen-bond donors (Lipinski definition) is 1. The molecule has 1 amide bonds. The molecule has 0 radical (unpaired) electrons. The fourth-order valence-electron chi connectivity index (χ4n) is 3.87. The number of unbranched alkanes of at least 4 members (excludes halogenated alkanes) is 2. The van der Waals surface area contributed by atoms with Crippen molar-refractivity contribution in [2.24, 2.45) is 0 Å². The van der Waals surface area contributed by atoms with Crippen LogP contribution in [0.4, 0.5) is 5.69 Å². The maximum Gasteiger partial charge on any atom is 0.348 e. The SMILES string of the molecule is CCCCCC(O)c1ccc(N2C(=O)CC[C@@H]2C=CCc2ccc(C(=O)OC)s2)cc1. The van der Waals surface area contributed by atoms with Gasteiger partial charge in [-0.25, -0.2) is 4.79 Å². The van der Waals surface area contributed by atoms with Gasteiger partial charge in [0.25, 0.3) is 0 Å². The molecule has 0 saturated carbocycles. The zero-order valence-electron chi connectivity index (χ0n) is 18.3. The van der Waals surface area contributed by atoms with Crippen LogP contribution in [0.15, 0.2) is 48.6 Å². The molecule has 1 unspecified atom stereocenters. The lowest BCUT2D eigenvalue weighted by Crippen LogP contribution is -2.31. The van der Waals surface area contributed by atoms with Crippen LogP contribution in [0.25, 0.3) is 0 Å². The van der Waals surface area contributed by atoms with Gasteiger partial charge >= 0.3 is 5.97 Å². The molecule has 0 spiro atoms. The van der Waals surface area contributed by atoms with E-state index in [1.54, 1.807) is 6.07 Å². The monoisotopic (exact) mass is 441 g/mol. The number of methoxy groups -OCH3 is 1. The summed E-state index contributed by atoms with van der Waals surface area (Å²) < 4.78 is 4.75. The first kappa shape index (κ1) is 23.2. The number of carbonyl (C=O) groups is 2. The number of carbonyl (C=O) groups excluding carboxylic acids is 2. The molecule has 166 valence electrons. The van der Waals surface area contributed by atoms with Gasteiger partial charge in [-0.1, -0.05) is 50.5 Å². The molecule has 31 heavy (non-hydrogen) atoms. The average Bonchev–Trinajstić information content (AvgIpc) is 3.40. The van der Waals surface area contributed by atoms with Crippen LogP contribution in [0.5, 0.6) is 0 Å². The number of nitrogens with zero attached hydrogens (tertiary/aromatic N) is 1. The summed E-state index contributed by atoms with van der Waals surface area (Å²) in [6, 6.07) is 11.5. The molecule has 0 aliphatic carbocycles. The summed E-state index contributed by atoms with van der Waals surface area (Å²) in [5, 5.41) is 10.4. The number of allylic oxidation sites excluding steroid dienone is 1. The van der Waals surface area contributed by atoms with Crippen molar-refractivity contribution in [2.75, 3.05) is 12.0 Å². The van der Waals surface area contributed by atoms with Crippen molar-refractivity contribution in [3.8, 4) is 0 Å². The summed E-state index contributed by atoms with van der Waals surface area (Å²) in [5.41, 5.74) is 1.77. The number of benzene rings is 1. The van der Waals surface area contributed by atoms with Gasteiger partial charge in [-0.15, -0.1) is 11.3 Å². The Morgan fingerprint density at radius 2 is 2.03 bits per heavy atom. The Bertz CT molecular complexity index is 903. The molecule has 2 aromatic rings. The van der Waals surface area contributed by atoms with Gasteiger partial charge in [0.1, 0.15) is 4.88 Å². The number of ether oxygens (including phenoxy) is 1. The number of esters is 1. The summed E-state index contributed by atoms with van der Waals surface area (Å²) in [7, 11) is 1.38. The van der Waals surface area contributed by atoms with Crippen LogP contribution >= 0.6 is 11.3 Å². The number of aliphatic hydroxyl groups excluding tert-OH is 1. The van der Waals surface area contributed by atoms with E-state index in [2.05, 4.69) is 19.1 Å². The van der Waals surface area contributed by atoms with E-state index in [1.165, 1.54) is 18.4 Å². The Balaban J connectivity index is 1.62. The Morgan fingerprint density at radius 3 is 2.74 bits per heavy atom. The lowest BCUT2D eigenvalue weighted by Gasteiger charge is -2.23. The lowest BCUT2D eigenvalue weighted by atomic mass is 10.0. The van der Waals surface area contributed by atoms with Gasteiger partial charge in [0.05, 0.1) is 19.3 Å². The van der Waals surface area contributed by atoms with Crippen LogP contribution in [0, 0.1) is 0 Å². The standard InChI is InChI=1S/C25H31NO4S/c1-3-4-5-9-22(27)18-10-12-20(13-11-18)26-19(14-17-24(26)28)7-6-8-21-15-16-23(31-21)25(29)30-2/h6-7,10-13,15-16,19,22,27H,3-5,8-9,14,17H2,1-2H3/t19-,22?/m0/s1. The van der Waals surface area contributed by atoms with Crippen LogP contribution < -0.4 is 4.90 Å². The zero-order valence-corrected chi connectivity index (χ0v) is 19.1. The summed E-state index contributed by atoms with van der Waals surface area (Å²) >= 11 is 1.43. The quantitative estimate of drug-likeness (QED) is 0.303. The molecule has 6 heteroatoms. The predicted octanol–water partition coefficient (Wildman–Crippen LogP) is 5.44. The van der Waals surface area contributed by atoms with Gasteiger partial charge in [0, 0.05) is 17.0 Å². The zero-order chi connectivity index (χ0) is 22.2. The third kappa shape index (κ3) is 6.05. The van der Waals surface area contributed by atoms with Crippen molar-refractivity contribution in [3.05, 3.63) is 63.9 Å². The molecule has 3 rings (SSSR count). The average molecular weight is 442 g/mol. The minimum absolute atomic E-state index is 0.0212. The summed E-state index contributed by atoms with van der Waals surface area (Å²) in [6.45, 7) is 2.15. The maximum absolute atomic E-state index is 12.5. The molecule has 1 aliphatic rings. The van der Waals surface area contributed by atoms with Crippen molar-refractivity contribution in [1.82, 2.24) is 0 Å².